The molecular weight excluding hydrogens is 306 g/mol. The molecule has 1 aromatic carbocycles. The van der Waals surface area contributed by atoms with Crippen LogP contribution in [0.3, 0.4) is 0 Å². The zero-order chi connectivity index (χ0) is 15.6. The van der Waals surface area contributed by atoms with Crippen LogP contribution >= 0.6 is 0 Å². The van der Waals surface area contributed by atoms with Crippen molar-refractivity contribution in [3.63, 3.8) is 0 Å². The number of hydrogen-bond donors (Lipinski definition) is 0. The highest BCUT2D eigenvalue weighted by atomic mass is 16.5. The molecule has 4 heterocycles. The molecule has 1 aromatic heterocycles. The van der Waals surface area contributed by atoms with E-state index in [-0.39, 0.29) is 34.3 Å². The minimum Gasteiger partial charge on any atom is -0.380 e. The summed E-state index contributed by atoms with van der Waals surface area (Å²) >= 11 is 0. The molecule has 1 saturated heterocycles. The summed E-state index contributed by atoms with van der Waals surface area (Å²) in [5.41, 5.74) is 0.690. The molecule has 6 heteroatoms. The molecule has 4 saturated carbocycles. The van der Waals surface area contributed by atoms with Gasteiger partial charge >= 0.3 is 11.4 Å². The lowest BCUT2D eigenvalue weighted by Gasteiger charge is -2.44. The summed E-state index contributed by atoms with van der Waals surface area (Å²) in [6.45, 7) is 1.57. The van der Waals surface area contributed by atoms with Crippen LogP contribution in [0.2, 0.25) is 0 Å². The molecule has 2 aromatic rings. The molecule has 24 heavy (non-hydrogen) atoms. The van der Waals surface area contributed by atoms with E-state index in [1.165, 1.54) is 4.57 Å². The molecule has 2 spiro atoms. The van der Waals surface area contributed by atoms with Gasteiger partial charge in [0, 0.05) is 10.8 Å². The van der Waals surface area contributed by atoms with Crippen molar-refractivity contribution in [1.29, 1.82) is 0 Å². The second kappa shape index (κ2) is 2.86. The molecule has 3 aliphatic heterocycles. The van der Waals surface area contributed by atoms with Crippen molar-refractivity contribution in [2.45, 2.75) is 12.1 Å². The van der Waals surface area contributed by atoms with Gasteiger partial charge < -0.3 is 4.74 Å². The summed E-state index contributed by atoms with van der Waals surface area (Å²) in [7, 11) is 0. The molecule has 8 atom stereocenters. The van der Waals surface area contributed by atoms with Crippen LogP contribution in [0.1, 0.15) is 12.1 Å². The van der Waals surface area contributed by atoms with Gasteiger partial charge in [0.2, 0.25) is 0 Å². The Kier molecular flexibility index (Phi) is 1.36. The van der Waals surface area contributed by atoms with E-state index in [9.17, 15) is 9.59 Å². The first-order valence-electron chi connectivity index (χ1n) is 8.84. The molecule has 6 nitrogen and oxygen atoms in total. The van der Waals surface area contributed by atoms with Gasteiger partial charge in [0.1, 0.15) is 0 Å². The second-order valence-electron chi connectivity index (χ2n) is 8.60. The van der Waals surface area contributed by atoms with Crippen LogP contribution in [0, 0.1) is 34.5 Å². The van der Waals surface area contributed by atoms with Gasteiger partial charge in [-0.1, -0.05) is 18.2 Å². The molecule has 9 rings (SSSR count). The number of hydrogen-bond acceptors (Lipinski definition) is 3. The average molecular weight is 321 g/mol. The largest absolute Gasteiger partial charge is 0.380 e. The SMILES string of the molecule is O=c1n(-c2ccccc2)c(=O)n2n1[C@H]1[C@H]3C4C5[C@@]16COC[C@]56[C@H]2[C@@H]43. The highest BCUT2D eigenvalue weighted by Crippen LogP contribution is 3.03. The molecule has 7 aliphatic rings. The number of para-hydroxylation sites is 1. The van der Waals surface area contributed by atoms with Crippen LogP contribution in [-0.4, -0.2) is 27.1 Å². The maximum Gasteiger partial charge on any atom is 0.352 e. The van der Waals surface area contributed by atoms with Gasteiger partial charge in [-0.25, -0.2) is 23.5 Å². The number of benzene rings is 1. The van der Waals surface area contributed by atoms with E-state index >= 15 is 0 Å². The van der Waals surface area contributed by atoms with E-state index in [0.29, 0.717) is 23.4 Å². The lowest BCUT2D eigenvalue weighted by molar-refractivity contribution is 0.0280. The van der Waals surface area contributed by atoms with Gasteiger partial charge in [-0.15, -0.1) is 0 Å². The quantitative estimate of drug-likeness (QED) is 0.765. The van der Waals surface area contributed by atoms with E-state index in [4.69, 9.17) is 4.74 Å². The van der Waals surface area contributed by atoms with E-state index < -0.39 is 0 Å². The molecule has 0 amide bonds. The van der Waals surface area contributed by atoms with Crippen LogP contribution in [-0.2, 0) is 4.74 Å². The van der Waals surface area contributed by atoms with Gasteiger partial charge in [-0.05, 0) is 35.8 Å². The van der Waals surface area contributed by atoms with E-state index in [1.807, 2.05) is 39.7 Å². The summed E-state index contributed by atoms with van der Waals surface area (Å²) in [6.07, 6.45) is 0. The van der Waals surface area contributed by atoms with E-state index in [1.54, 1.807) is 0 Å². The minimum absolute atomic E-state index is 0.160. The lowest BCUT2D eigenvalue weighted by Crippen LogP contribution is -2.52. The van der Waals surface area contributed by atoms with Crippen molar-refractivity contribution in [3.8, 4) is 5.69 Å². The monoisotopic (exact) mass is 321 g/mol. The lowest BCUT2D eigenvalue weighted by atomic mass is 9.73. The highest BCUT2D eigenvalue weighted by Gasteiger charge is 3.04. The molecule has 0 radical (unpaired) electrons. The molecule has 2 unspecified atom stereocenters. The Morgan fingerprint density at radius 1 is 0.875 bits per heavy atom. The highest BCUT2D eigenvalue weighted by molar-refractivity contribution is 5.50. The summed E-state index contributed by atoms with van der Waals surface area (Å²) in [5, 5.41) is 0. The van der Waals surface area contributed by atoms with Crippen molar-refractivity contribution < 1.29 is 4.74 Å². The number of ether oxygens (including phenoxy) is 1. The topological polar surface area (TPSA) is 58.2 Å². The Balaban J connectivity index is 1.49. The van der Waals surface area contributed by atoms with Crippen molar-refractivity contribution >= 4 is 0 Å². The van der Waals surface area contributed by atoms with Crippen molar-refractivity contribution in [2.75, 3.05) is 13.2 Å². The fourth-order valence-corrected chi connectivity index (χ4v) is 8.19. The predicted molar refractivity (Wildman–Crippen MR) is 82.0 cm³/mol. The standard InChI is InChI=1S/C18H15N3O3/c22-15-19(8-4-2-1-3-5-8)16(23)21-14-11-9-10(11)13(20(15)21)17-6-24-7-18(14,17)12(9)17/h1-5,9-14H,6-7H2/t9?,10-,11-,12?,13-,14+,17-,18+/m0/s1. The Hall–Kier alpha value is -2.08. The smallest absolute Gasteiger partial charge is 0.352 e. The summed E-state index contributed by atoms with van der Waals surface area (Å²) in [4.78, 5) is 26.4. The van der Waals surface area contributed by atoms with Crippen molar-refractivity contribution in [2.24, 2.45) is 34.5 Å². The average Bonchev–Trinajstić information content (AvgIpc) is 3.19. The zero-order valence-electron chi connectivity index (χ0n) is 12.8. The van der Waals surface area contributed by atoms with Gasteiger partial charge in [-0.3, -0.25) is 0 Å². The second-order valence-corrected chi connectivity index (χ2v) is 8.60. The van der Waals surface area contributed by atoms with Gasteiger partial charge in [0.15, 0.2) is 0 Å². The van der Waals surface area contributed by atoms with E-state index in [2.05, 4.69) is 0 Å². The van der Waals surface area contributed by atoms with Crippen LogP contribution < -0.4 is 11.4 Å². The number of rotatable bonds is 1. The summed E-state index contributed by atoms with van der Waals surface area (Å²) in [6, 6.07) is 9.70. The van der Waals surface area contributed by atoms with Crippen LogP contribution in [0.4, 0.5) is 0 Å². The van der Waals surface area contributed by atoms with Crippen LogP contribution in [0.5, 0.6) is 0 Å². The zero-order valence-corrected chi connectivity index (χ0v) is 12.8. The Morgan fingerprint density at radius 3 is 2.04 bits per heavy atom. The molecule has 0 N–H and O–H groups in total. The maximum atomic E-state index is 13.2. The third-order valence-electron chi connectivity index (χ3n) is 8.49. The predicted octanol–water partition coefficient (Wildman–Crippen LogP) is 0.419. The minimum atomic E-state index is -0.160. The van der Waals surface area contributed by atoms with Gasteiger partial charge in [0.25, 0.3) is 0 Å². The Bertz CT molecular complexity index is 1030. The summed E-state index contributed by atoms with van der Waals surface area (Å²) < 4.78 is 10.9. The first-order valence-corrected chi connectivity index (χ1v) is 8.84. The third-order valence-corrected chi connectivity index (χ3v) is 8.49. The Labute approximate surface area is 136 Å². The van der Waals surface area contributed by atoms with Crippen molar-refractivity contribution in [3.05, 3.63) is 51.3 Å². The molecule has 5 fully saturated rings. The van der Waals surface area contributed by atoms with Crippen LogP contribution in [0.25, 0.3) is 5.69 Å². The van der Waals surface area contributed by atoms with Crippen molar-refractivity contribution in [1.82, 2.24) is 13.9 Å². The van der Waals surface area contributed by atoms with Gasteiger partial charge in [-0.2, -0.15) is 0 Å². The fraction of sp³-hybridized carbons (Fsp3) is 0.556. The third kappa shape index (κ3) is 0.729. The van der Waals surface area contributed by atoms with E-state index in [0.717, 1.165) is 19.1 Å². The maximum absolute atomic E-state index is 13.2. The summed E-state index contributed by atoms with van der Waals surface area (Å²) in [5.74, 6) is 2.69. The molecule has 4 aliphatic carbocycles. The molecule has 120 valence electrons. The Morgan fingerprint density at radius 2 is 1.46 bits per heavy atom. The fourth-order valence-electron chi connectivity index (χ4n) is 8.19. The number of nitrogens with zero attached hydrogens (tertiary/aromatic N) is 3. The normalized spacial score (nSPS) is 52.3. The first kappa shape index (κ1) is 11.5. The molecule has 2 bridgehead atoms. The first-order chi connectivity index (χ1) is 11.7. The van der Waals surface area contributed by atoms with Crippen LogP contribution in [0.15, 0.2) is 39.9 Å². The number of aromatic nitrogens is 3. The van der Waals surface area contributed by atoms with Gasteiger partial charge in [0.05, 0.1) is 31.0 Å². The molecular formula is C18H15N3O3.